The van der Waals surface area contributed by atoms with E-state index in [0.717, 1.165) is 0 Å². The number of hydrogen-bond donors (Lipinski definition) is 2. The largest absolute Gasteiger partial charge is 0.493 e. The van der Waals surface area contributed by atoms with Crippen molar-refractivity contribution >= 4 is 5.69 Å². The molecule has 0 saturated heterocycles. The number of nitro benzene ring substituents is 1. The van der Waals surface area contributed by atoms with Crippen molar-refractivity contribution in [2.75, 3.05) is 13.2 Å². The molecule has 0 aliphatic carbocycles. The van der Waals surface area contributed by atoms with Gasteiger partial charge in [0.2, 0.25) is 0 Å². The van der Waals surface area contributed by atoms with E-state index in [4.69, 9.17) is 9.84 Å². The van der Waals surface area contributed by atoms with E-state index in [1.54, 1.807) is 0 Å². The lowest BCUT2D eigenvalue weighted by atomic mass is 10.1. The molecule has 0 bridgehead atoms. The van der Waals surface area contributed by atoms with Gasteiger partial charge in [0.25, 0.3) is 5.69 Å². The van der Waals surface area contributed by atoms with Crippen LogP contribution in [0, 0.1) is 10.1 Å². The van der Waals surface area contributed by atoms with E-state index in [0.29, 0.717) is 24.3 Å². The molecular weight excluding hydrogens is 226 g/mol. The summed E-state index contributed by atoms with van der Waals surface area (Å²) in [6.07, 6.45) is -0.380. The minimum atomic E-state index is -0.848. The first-order valence-corrected chi connectivity index (χ1v) is 5.26. The highest BCUT2D eigenvalue weighted by molar-refractivity contribution is 5.44. The summed E-state index contributed by atoms with van der Waals surface area (Å²) in [4.78, 5) is 10.1. The van der Waals surface area contributed by atoms with E-state index in [-0.39, 0.29) is 12.3 Å². The van der Waals surface area contributed by atoms with E-state index in [2.05, 4.69) is 0 Å². The Labute approximate surface area is 98.6 Å². The van der Waals surface area contributed by atoms with Gasteiger partial charge in [0.1, 0.15) is 5.75 Å². The molecule has 0 fully saturated rings. The van der Waals surface area contributed by atoms with Gasteiger partial charge in [-0.25, -0.2) is 0 Å². The van der Waals surface area contributed by atoms with Crippen LogP contribution in [0.1, 0.15) is 25.0 Å². The Morgan fingerprint density at radius 2 is 2.24 bits per heavy atom. The Kier molecular flexibility index (Phi) is 4.86. The molecule has 94 valence electrons. The van der Waals surface area contributed by atoms with Crippen LogP contribution in [0.5, 0.6) is 5.75 Å². The molecule has 1 aromatic rings. The number of non-ortho nitro benzene ring substituents is 1. The molecule has 6 heteroatoms. The van der Waals surface area contributed by atoms with Crippen molar-refractivity contribution in [3.8, 4) is 5.75 Å². The predicted octanol–water partition coefficient (Wildman–Crippen LogP) is 1.41. The van der Waals surface area contributed by atoms with Crippen molar-refractivity contribution in [1.82, 2.24) is 0 Å². The van der Waals surface area contributed by atoms with Crippen LogP contribution in [0.25, 0.3) is 0 Å². The van der Waals surface area contributed by atoms with Gasteiger partial charge in [-0.05, 0) is 13.0 Å². The third-order valence-electron chi connectivity index (χ3n) is 2.21. The Morgan fingerprint density at radius 3 is 2.76 bits per heavy atom. The summed E-state index contributed by atoms with van der Waals surface area (Å²) < 4.78 is 5.33. The van der Waals surface area contributed by atoms with Crippen molar-refractivity contribution in [2.45, 2.75) is 19.4 Å². The zero-order valence-electron chi connectivity index (χ0n) is 9.50. The minimum absolute atomic E-state index is 0.0109. The van der Waals surface area contributed by atoms with Crippen LogP contribution in [-0.2, 0) is 0 Å². The molecule has 0 amide bonds. The first-order valence-electron chi connectivity index (χ1n) is 5.26. The summed E-state index contributed by atoms with van der Waals surface area (Å²) >= 11 is 0. The molecular formula is C11H15NO5. The van der Waals surface area contributed by atoms with Crippen molar-refractivity contribution in [2.24, 2.45) is 0 Å². The van der Waals surface area contributed by atoms with E-state index in [9.17, 15) is 15.2 Å². The van der Waals surface area contributed by atoms with Crippen molar-refractivity contribution in [3.05, 3.63) is 33.9 Å². The molecule has 0 heterocycles. The molecule has 0 radical (unpaired) electrons. The van der Waals surface area contributed by atoms with Crippen molar-refractivity contribution in [3.63, 3.8) is 0 Å². The van der Waals surface area contributed by atoms with Gasteiger partial charge < -0.3 is 14.9 Å². The maximum Gasteiger partial charge on any atom is 0.270 e. The molecule has 0 spiro atoms. The van der Waals surface area contributed by atoms with Crippen LogP contribution in [0.3, 0.4) is 0 Å². The summed E-state index contributed by atoms with van der Waals surface area (Å²) in [5.41, 5.74) is 0.285. The number of aliphatic hydroxyl groups excluding tert-OH is 2. The minimum Gasteiger partial charge on any atom is -0.493 e. The maximum absolute atomic E-state index is 10.6. The lowest BCUT2D eigenvalue weighted by molar-refractivity contribution is -0.385. The van der Waals surface area contributed by atoms with Crippen LogP contribution in [0.2, 0.25) is 0 Å². The Balaban J connectivity index is 2.92. The third kappa shape index (κ3) is 3.69. The van der Waals surface area contributed by atoms with Crippen LogP contribution in [-0.4, -0.2) is 28.4 Å². The van der Waals surface area contributed by atoms with Crippen LogP contribution in [0.4, 0.5) is 5.69 Å². The lowest BCUT2D eigenvalue weighted by Gasteiger charge is -2.12. The van der Waals surface area contributed by atoms with Crippen LogP contribution in [0.15, 0.2) is 18.2 Å². The van der Waals surface area contributed by atoms with E-state index >= 15 is 0 Å². The first kappa shape index (κ1) is 13.4. The molecule has 0 aliphatic rings. The molecule has 0 unspecified atom stereocenters. The van der Waals surface area contributed by atoms with Gasteiger partial charge >= 0.3 is 0 Å². The van der Waals surface area contributed by atoms with Gasteiger partial charge in [-0.15, -0.1) is 0 Å². The fourth-order valence-electron chi connectivity index (χ4n) is 1.35. The van der Waals surface area contributed by atoms with Gasteiger partial charge in [-0.1, -0.05) is 0 Å². The average Bonchev–Trinajstić information content (AvgIpc) is 2.29. The number of nitrogens with zero attached hydrogens (tertiary/aromatic N) is 1. The van der Waals surface area contributed by atoms with Crippen molar-refractivity contribution in [1.29, 1.82) is 0 Å². The number of aliphatic hydroxyl groups is 2. The zero-order valence-corrected chi connectivity index (χ0v) is 9.50. The second kappa shape index (κ2) is 6.17. The SMILES string of the molecule is C[C@@H](O)c1cc([N+](=O)[O-])ccc1OCCCO. The number of ether oxygens (including phenoxy) is 1. The summed E-state index contributed by atoms with van der Waals surface area (Å²) in [6.45, 7) is 1.82. The zero-order chi connectivity index (χ0) is 12.8. The van der Waals surface area contributed by atoms with Gasteiger partial charge in [0.15, 0.2) is 0 Å². The number of rotatable bonds is 6. The Hall–Kier alpha value is -1.66. The van der Waals surface area contributed by atoms with Crippen LogP contribution >= 0.6 is 0 Å². The van der Waals surface area contributed by atoms with Crippen LogP contribution < -0.4 is 4.74 Å². The van der Waals surface area contributed by atoms with Crippen molar-refractivity contribution < 1.29 is 19.9 Å². The standard InChI is InChI=1S/C11H15NO5/c1-8(14)10-7-9(12(15)16)3-4-11(10)17-6-2-5-13/h3-4,7-8,13-14H,2,5-6H2,1H3/t8-/m1/s1. The predicted molar refractivity (Wildman–Crippen MR) is 60.9 cm³/mol. The van der Waals surface area contributed by atoms with E-state index < -0.39 is 11.0 Å². The average molecular weight is 241 g/mol. The molecule has 1 rings (SSSR count). The fourth-order valence-corrected chi connectivity index (χ4v) is 1.35. The number of hydrogen-bond acceptors (Lipinski definition) is 5. The quantitative estimate of drug-likeness (QED) is 0.446. The van der Waals surface area contributed by atoms with Gasteiger partial charge in [0.05, 0.1) is 17.6 Å². The molecule has 6 nitrogen and oxygen atoms in total. The van der Waals surface area contributed by atoms with E-state index in [1.165, 1.54) is 25.1 Å². The second-order valence-electron chi connectivity index (χ2n) is 3.58. The van der Waals surface area contributed by atoms with Gasteiger partial charge in [-0.2, -0.15) is 0 Å². The first-order chi connectivity index (χ1) is 8.06. The highest BCUT2D eigenvalue weighted by Gasteiger charge is 2.15. The highest BCUT2D eigenvalue weighted by Crippen LogP contribution is 2.29. The monoisotopic (exact) mass is 241 g/mol. The summed E-state index contributed by atoms with van der Waals surface area (Å²) in [6, 6.07) is 4.07. The molecule has 0 aliphatic heterocycles. The molecule has 0 aromatic heterocycles. The summed E-state index contributed by atoms with van der Waals surface area (Å²) in [7, 11) is 0. The molecule has 1 atom stereocenters. The third-order valence-corrected chi connectivity index (χ3v) is 2.21. The maximum atomic E-state index is 10.6. The topological polar surface area (TPSA) is 92.8 Å². The summed E-state index contributed by atoms with van der Waals surface area (Å²) in [5.74, 6) is 0.402. The smallest absolute Gasteiger partial charge is 0.270 e. The van der Waals surface area contributed by atoms with Gasteiger partial charge in [-0.3, -0.25) is 10.1 Å². The highest BCUT2D eigenvalue weighted by atomic mass is 16.6. The fraction of sp³-hybridized carbons (Fsp3) is 0.455. The normalized spacial score (nSPS) is 12.2. The molecule has 2 N–H and O–H groups in total. The van der Waals surface area contributed by atoms with Gasteiger partial charge in [0, 0.05) is 30.7 Å². The Morgan fingerprint density at radius 1 is 1.53 bits per heavy atom. The molecule has 0 saturated carbocycles. The molecule has 1 aromatic carbocycles. The number of nitro groups is 1. The van der Waals surface area contributed by atoms with E-state index in [1.807, 2.05) is 0 Å². The lowest BCUT2D eigenvalue weighted by Crippen LogP contribution is -2.04. The summed E-state index contributed by atoms with van der Waals surface area (Å²) in [5, 5.41) is 28.7. The second-order valence-corrected chi connectivity index (χ2v) is 3.58. The molecule has 17 heavy (non-hydrogen) atoms. The Bertz CT molecular complexity index is 391. The number of benzene rings is 1.